The molecular formula is C12H12ClN3O3. The molecule has 0 spiro atoms. The Hall–Kier alpha value is -2.08. The second-order valence-corrected chi connectivity index (χ2v) is 4.21. The number of carbonyl (C=O) groups is 1. The lowest BCUT2D eigenvalue weighted by Gasteiger charge is -2.10. The summed E-state index contributed by atoms with van der Waals surface area (Å²) in [5.74, 6) is -0.565. The van der Waals surface area contributed by atoms with Gasteiger partial charge in [-0.2, -0.15) is 0 Å². The lowest BCUT2D eigenvalue weighted by atomic mass is 10.2. The van der Waals surface area contributed by atoms with Crippen molar-refractivity contribution < 1.29 is 14.6 Å². The van der Waals surface area contributed by atoms with Gasteiger partial charge in [0, 0.05) is 5.02 Å². The highest BCUT2D eigenvalue weighted by Crippen LogP contribution is 2.27. The summed E-state index contributed by atoms with van der Waals surface area (Å²) in [4.78, 5) is 11.1. The zero-order valence-corrected chi connectivity index (χ0v) is 11.2. The molecule has 0 atom stereocenters. The Morgan fingerprint density at radius 1 is 1.53 bits per heavy atom. The van der Waals surface area contributed by atoms with Gasteiger partial charge in [-0.05, 0) is 24.6 Å². The highest BCUT2D eigenvalue weighted by molar-refractivity contribution is 6.30. The first-order valence-electron chi connectivity index (χ1n) is 5.60. The third kappa shape index (κ3) is 2.39. The molecule has 6 nitrogen and oxygen atoms in total. The average Bonchev–Trinajstić information content (AvgIpc) is 2.82. The summed E-state index contributed by atoms with van der Waals surface area (Å²) in [6.07, 6.45) is 0.476. The van der Waals surface area contributed by atoms with E-state index < -0.39 is 5.97 Å². The van der Waals surface area contributed by atoms with E-state index in [1.807, 2.05) is 6.92 Å². The molecule has 1 aromatic heterocycles. The molecule has 1 aromatic carbocycles. The van der Waals surface area contributed by atoms with Gasteiger partial charge in [-0.1, -0.05) is 23.7 Å². The Labute approximate surface area is 114 Å². The van der Waals surface area contributed by atoms with E-state index in [9.17, 15) is 4.79 Å². The molecule has 0 saturated heterocycles. The summed E-state index contributed by atoms with van der Waals surface area (Å²) >= 11 is 5.96. The predicted molar refractivity (Wildman–Crippen MR) is 69.3 cm³/mol. The van der Waals surface area contributed by atoms with E-state index in [1.165, 1.54) is 11.8 Å². The monoisotopic (exact) mass is 281 g/mol. The molecule has 7 heteroatoms. The van der Waals surface area contributed by atoms with Crippen LogP contribution in [0.25, 0.3) is 5.69 Å². The Morgan fingerprint density at radius 3 is 2.84 bits per heavy atom. The van der Waals surface area contributed by atoms with Crippen molar-refractivity contribution in [3.63, 3.8) is 0 Å². The van der Waals surface area contributed by atoms with Gasteiger partial charge in [0.1, 0.15) is 11.4 Å². The number of halogens is 1. The minimum Gasteiger partial charge on any atom is -0.494 e. The van der Waals surface area contributed by atoms with E-state index in [1.54, 1.807) is 18.2 Å². The fourth-order valence-corrected chi connectivity index (χ4v) is 1.97. The number of nitrogens with zero attached hydrogens (tertiary/aromatic N) is 3. The zero-order valence-electron chi connectivity index (χ0n) is 10.4. The summed E-state index contributed by atoms with van der Waals surface area (Å²) in [5.41, 5.74) is 0.990. The Balaban J connectivity index is 2.65. The molecule has 0 bridgehead atoms. The largest absolute Gasteiger partial charge is 0.494 e. The van der Waals surface area contributed by atoms with E-state index in [4.69, 9.17) is 21.4 Å². The van der Waals surface area contributed by atoms with Crippen molar-refractivity contribution in [2.45, 2.75) is 13.3 Å². The minimum absolute atomic E-state index is 0.0653. The molecule has 19 heavy (non-hydrogen) atoms. The van der Waals surface area contributed by atoms with Gasteiger partial charge in [0.2, 0.25) is 0 Å². The molecular weight excluding hydrogens is 270 g/mol. The number of benzene rings is 1. The number of aromatic carboxylic acids is 1. The Bertz CT molecular complexity index is 625. The lowest BCUT2D eigenvalue weighted by Crippen LogP contribution is -2.07. The van der Waals surface area contributed by atoms with Crippen molar-refractivity contribution in [3.05, 3.63) is 34.6 Å². The first-order chi connectivity index (χ1) is 9.08. The first kappa shape index (κ1) is 13.4. The van der Waals surface area contributed by atoms with Crippen molar-refractivity contribution in [2.24, 2.45) is 0 Å². The van der Waals surface area contributed by atoms with Crippen LogP contribution in [0.3, 0.4) is 0 Å². The number of ether oxygens (including phenoxy) is 1. The predicted octanol–water partition coefficient (Wildman–Crippen LogP) is 2.19. The molecule has 0 amide bonds. The van der Waals surface area contributed by atoms with Gasteiger partial charge in [0.05, 0.1) is 12.8 Å². The average molecular weight is 282 g/mol. The fraction of sp³-hybridized carbons (Fsp3) is 0.250. The molecule has 0 saturated carbocycles. The quantitative estimate of drug-likeness (QED) is 0.929. The number of carboxylic acids is 1. The first-order valence-corrected chi connectivity index (χ1v) is 5.98. The summed E-state index contributed by atoms with van der Waals surface area (Å²) < 4.78 is 6.67. The number of carboxylic acid groups (broad SMARTS) is 1. The van der Waals surface area contributed by atoms with Crippen LogP contribution < -0.4 is 4.74 Å². The molecule has 0 radical (unpaired) electrons. The smallest absolute Gasteiger partial charge is 0.358 e. The van der Waals surface area contributed by atoms with E-state index in [2.05, 4.69) is 10.3 Å². The molecule has 0 fully saturated rings. The van der Waals surface area contributed by atoms with Gasteiger partial charge < -0.3 is 9.84 Å². The topological polar surface area (TPSA) is 77.2 Å². The van der Waals surface area contributed by atoms with Crippen LogP contribution in [0.15, 0.2) is 18.2 Å². The molecule has 1 N–H and O–H groups in total. The van der Waals surface area contributed by atoms with Crippen molar-refractivity contribution in [1.29, 1.82) is 0 Å². The minimum atomic E-state index is -1.11. The van der Waals surface area contributed by atoms with Crippen molar-refractivity contribution in [3.8, 4) is 11.4 Å². The zero-order chi connectivity index (χ0) is 14.0. The van der Waals surface area contributed by atoms with Crippen LogP contribution in [-0.4, -0.2) is 33.2 Å². The maximum atomic E-state index is 11.1. The number of aromatic nitrogens is 3. The van der Waals surface area contributed by atoms with Crippen LogP contribution in [0.1, 0.15) is 23.1 Å². The summed E-state index contributed by atoms with van der Waals surface area (Å²) in [5, 5.41) is 17.1. The third-order valence-corrected chi connectivity index (χ3v) is 2.90. The maximum Gasteiger partial charge on any atom is 0.358 e. The van der Waals surface area contributed by atoms with Gasteiger partial charge in [-0.3, -0.25) is 0 Å². The second-order valence-electron chi connectivity index (χ2n) is 3.77. The van der Waals surface area contributed by atoms with Crippen LogP contribution in [0, 0.1) is 0 Å². The Kier molecular flexibility index (Phi) is 3.71. The van der Waals surface area contributed by atoms with Crippen LogP contribution >= 0.6 is 11.6 Å². The molecule has 0 unspecified atom stereocenters. The van der Waals surface area contributed by atoms with Gasteiger partial charge in [-0.25, -0.2) is 9.48 Å². The van der Waals surface area contributed by atoms with Crippen LogP contribution in [0.2, 0.25) is 5.02 Å². The van der Waals surface area contributed by atoms with Crippen LogP contribution in [0.5, 0.6) is 5.75 Å². The Morgan fingerprint density at radius 2 is 2.26 bits per heavy atom. The molecule has 0 aliphatic carbocycles. The number of rotatable bonds is 4. The normalized spacial score (nSPS) is 10.5. The van der Waals surface area contributed by atoms with Crippen molar-refractivity contribution in [1.82, 2.24) is 15.0 Å². The third-order valence-electron chi connectivity index (χ3n) is 2.67. The fourth-order valence-electron chi connectivity index (χ4n) is 1.81. The van der Waals surface area contributed by atoms with Gasteiger partial charge in [0.15, 0.2) is 5.69 Å². The molecule has 2 aromatic rings. The highest BCUT2D eigenvalue weighted by atomic mass is 35.5. The summed E-state index contributed by atoms with van der Waals surface area (Å²) in [6.45, 7) is 1.83. The van der Waals surface area contributed by atoms with Gasteiger partial charge in [-0.15, -0.1) is 5.10 Å². The molecule has 2 rings (SSSR count). The summed E-state index contributed by atoms with van der Waals surface area (Å²) in [6, 6.07) is 5.03. The van der Waals surface area contributed by atoms with Gasteiger partial charge >= 0.3 is 5.97 Å². The number of methoxy groups -OCH3 is 1. The van der Waals surface area contributed by atoms with Gasteiger partial charge in [0.25, 0.3) is 0 Å². The molecule has 100 valence electrons. The van der Waals surface area contributed by atoms with E-state index >= 15 is 0 Å². The maximum absolute atomic E-state index is 11.1. The van der Waals surface area contributed by atoms with E-state index in [0.29, 0.717) is 28.6 Å². The second kappa shape index (κ2) is 5.27. The lowest BCUT2D eigenvalue weighted by molar-refractivity contribution is 0.0689. The van der Waals surface area contributed by atoms with Crippen LogP contribution in [0.4, 0.5) is 0 Å². The van der Waals surface area contributed by atoms with E-state index in [-0.39, 0.29) is 5.69 Å². The summed E-state index contributed by atoms with van der Waals surface area (Å²) in [7, 11) is 1.52. The molecule has 1 heterocycles. The number of hydrogen-bond donors (Lipinski definition) is 1. The SMILES string of the molecule is CCc1c(C(=O)O)nnn1-c1cc(Cl)ccc1OC. The van der Waals surface area contributed by atoms with Crippen molar-refractivity contribution >= 4 is 17.6 Å². The number of hydrogen-bond acceptors (Lipinski definition) is 4. The van der Waals surface area contributed by atoms with Crippen LogP contribution in [-0.2, 0) is 6.42 Å². The molecule has 0 aliphatic heterocycles. The highest BCUT2D eigenvalue weighted by Gasteiger charge is 2.20. The molecule has 0 aliphatic rings. The standard InChI is InChI=1S/C12H12ClN3O3/c1-3-8-11(12(17)18)14-15-16(8)9-6-7(13)4-5-10(9)19-2/h4-6H,3H2,1-2H3,(H,17,18). The van der Waals surface area contributed by atoms with E-state index in [0.717, 1.165) is 0 Å². The van der Waals surface area contributed by atoms with Crippen molar-refractivity contribution in [2.75, 3.05) is 7.11 Å².